The molecule has 6 heteroatoms. The SMILES string of the molecule is CCNC(=NCc1ccccn1)NCC(C)(C)N1CCOCC1. The number of guanidine groups is 1. The van der Waals surface area contributed by atoms with Crippen molar-refractivity contribution in [2.75, 3.05) is 39.4 Å². The van der Waals surface area contributed by atoms with Crippen LogP contribution in [0.15, 0.2) is 29.4 Å². The van der Waals surface area contributed by atoms with Gasteiger partial charge in [0, 0.05) is 37.9 Å². The third-order valence-electron chi connectivity index (χ3n) is 4.03. The average Bonchev–Trinajstić information content (AvgIpc) is 2.59. The molecule has 2 N–H and O–H groups in total. The second kappa shape index (κ2) is 8.84. The Morgan fingerprint density at radius 3 is 2.74 bits per heavy atom. The molecule has 1 aromatic rings. The van der Waals surface area contributed by atoms with Crippen LogP contribution in [0.25, 0.3) is 0 Å². The lowest BCUT2D eigenvalue weighted by molar-refractivity contribution is -0.00834. The predicted octanol–water partition coefficient (Wildman–Crippen LogP) is 1.25. The molecule has 2 heterocycles. The molecular formula is C17H29N5O. The summed E-state index contributed by atoms with van der Waals surface area (Å²) in [6, 6.07) is 5.89. The molecule has 0 aromatic carbocycles. The largest absolute Gasteiger partial charge is 0.379 e. The summed E-state index contributed by atoms with van der Waals surface area (Å²) in [7, 11) is 0. The van der Waals surface area contributed by atoms with Gasteiger partial charge in [0.2, 0.25) is 0 Å². The van der Waals surface area contributed by atoms with E-state index in [1.807, 2.05) is 18.2 Å². The van der Waals surface area contributed by atoms with Crippen LogP contribution in [-0.4, -0.2) is 60.8 Å². The molecule has 1 aliphatic rings. The second-order valence-corrected chi connectivity index (χ2v) is 6.28. The number of ether oxygens (including phenoxy) is 1. The standard InChI is InChI=1S/C17H29N5O/c1-4-18-16(20-13-15-7-5-6-8-19-15)21-14-17(2,3)22-9-11-23-12-10-22/h5-8H,4,9-14H2,1-3H3,(H2,18,20,21). The minimum absolute atomic E-state index is 0.0605. The average molecular weight is 319 g/mol. The minimum Gasteiger partial charge on any atom is -0.379 e. The van der Waals surface area contributed by atoms with E-state index in [-0.39, 0.29) is 5.54 Å². The van der Waals surface area contributed by atoms with Gasteiger partial charge in [-0.25, -0.2) is 4.99 Å². The van der Waals surface area contributed by atoms with Gasteiger partial charge in [-0.1, -0.05) is 6.07 Å². The fraction of sp³-hybridized carbons (Fsp3) is 0.647. The lowest BCUT2D eigenvalue weighted by atomic mass is 10.0. The molecule has 2 rings (SSSR count). The molecule has 0 spiro atoms. The lowest BCUT2D eigenvalue weighted by Crippen LogP contribution is -2.56. The van der Waals surface area contributed by atoms with Crippen molar-refractivity contribution in [3.8, 4) is 0 Å². The first-order valence-electron chi connectivity index (χ1n) is 8.37. The van der Waals surface area contributed by atoms with Crippen molar-refractivity contribution in [1.82, 2.24) is 20.5 Å². The van der Waals surface area contributed by atoms with Gasteiger partial charge in [-0.2, -0.15) is 0 Å². The highest BCUT2D eigenvalue weighted by molar-refractivity contribution is 5.79. The molecule has 128 valence electrons. The zero-order valence-electron chi connectivity index (χ0n) is 14.5. The number of nitrogens with zero attached hydrogens (tertiary/aromatic N) is 3. The first-order valence-corrected chi connectivity index (χ1v) is 8.37. The molecule has 0 radical (unpaired) electrons. The summed E-state index contributed by atoms with van der Waals surface area (Å²) in [4.78, 5) is 11.4. The number of pyridine rings is 1. The van der Waals surface area contributed by atoms with E-state index in [4.69, 9.17) is 4.74 Å². The van der Waals surface area contributed by atoms with Gasteiger partial charge in [-0.3, -0.25) is 9.88 Å². The van der Waals surface area contributed by atoms with Crippen LogP contribution in [0, 0.1) is 0 Å². The first-order chi connectivity index (χ1) is 11.1. The second-order valence-electron chi connectivity index (χ2n) is 6.28. The first kappa shape index (κ1) is 17.7. The minimum atomic E-state index is 0.0605. The molecular weight excluding hydrogens is 290 g/mol. The van der Waals surface area contributed by atoms with E-state index in [0.717, 1.165) is 51.0 Å². The number of morpholine rings is 1. The quantitative estimate of drug-likeness (QED) is 0.610. The number of hydrogen-bond donors (Lipinski definition) is 2. The highest BCUT2D eigenvalue weighted by Gasteiger charge is 2.28. The van der Waals surface area contributed by atoms with Gasteiger partial charge in [-0.05, 0) is 32.9 Å². The van der Waals surface area contributed by atoms with Crippen molar-refractivity contribution >= 4 is 5.96 Å². The van der Waals surface area contributed by atoms with Crippen LogP contribution in [0.2, 0.25) is 0 Å². The Labute approximate surface area is 139 Å². The van der Waals surface area contributed by atoms with E-state index >= 15 is 0 Å². The molecule has 0 aliphatic carbocycles. The van der Waals surface area contributed by atoms with E-state index in [1.54, 1.807) is 6.20 Å². The number of aliphatic imine (C=N–C) groups is 1. The van der Waals surface area contributed by atoms with Gasteiger partial charge in [-0.15, -0.1) is 0 Å². The summed E-state index contributed by atoms with van der Waals surface area (Å²) in [5.41, 5.74) is 1.03. The van der Waals surface area contributed by atoms with E-state index in [1.165, 1.54) is 0 Å². The predicted molar refractivity (Wildman–Crippen MR) is 93.5 cm³/mol. The Morgan fingerprint density at radius 2 is 2.09 bits per heavy atom. The highest BCUT2D eigenvalue weighted by atomic mass is 16.5. The fourth-order valence-electron chi connectivity index (χ4n) is 2.57. The maximum Gasteiger partial charge on any atom is 0.191 e. The van der Waals surface area contributed by atoms with Crippen molar-refractivity contribution < 1.29 is 4.74 Å². The van der Waals surface area contributed by atoms with Crippen LogP contribution in [-0.2, 0) is 11.3 Å². The Kier molecular flexibility index (Phi) is 6.80. The van der Waals surface area contributed by atoms with Gasteiger partial charge >= 0.3 is 0 Å². The molecule has 6 nitrogen and oxygen atoms in total. The molecule has 0 saturated carbocycles. The Balaban J connectivity index is 1.90. The van der Waals surface area contributed by atoms with Gasteiger partial charge < -0.3 is 15.4 Å². The van der Waals surface area contributed by atoms with Crippen molar-refractivity contribution in [2.45, 2.75) is 32.9 Å². The summed E-state index contributed by atoms with van der Waals surface area (Å²) in [5.74, 6) is 0.833. The zero-order valence-corrected chi connectivity index (χ0v) is 14.5. The van der Waals surface area contributed by atoms with Gasteiger partial charge in [0.1, 0.15) is 0 Å². The normalized spacial score (nSPS) is 17.1. The summed E-state index contributed by atoms with van der Waals surface area (Å²) in [6.07, 6.45) is 1.80. The molecule has 1 aliphatic heterocycles. The molecule has 1 saturated heterocycles. The maximum atomic E-state index is 5.44. The van der Waals surface area contributed by atoms with Crippen LogP contribution < -0.4 is 10.6 Å². The molecule has 0 atom stereocenters. The van der Waals surface area contributed by atoms with E-state index in [0.29, 0.717) is 6.54 Å². The van der Waals surface area contributed by atoms with E-state index in [9.17, 15) is 0 Å². The Morgan fingerprint density at radius 1 is 1.30 bits per heavy atom. The molecule has 0 unspecified atom stereocenters. The van der Waals surface area contributed by atoms with Crippen LogP contribution in [0.4, 0.5) is 0 Å². The van der Waals surface area contributed by atoms with E-state index in [2.05, 4.69) is 46.3 Å². The number of aromatic nitrogens is 1. The molecule has 1 fully saturated rings. The van der Waals surface area contributed by atoms with Gasteiger partial charge in [0.25, 0.3) is 0 Å². The lowest BCUT2D eigenvalue weighted by Gasteiger charge is -2.41. The third kappa shape index (κ3) is 5.80. The summed E-state index contributed by atoms with van der Waals surface area (Å²) in [6.45, 7) is 12.4. The van der Waals surface area contributed by atoms with Crippen LogP contribution in [0.3, 0.4) is 0 Å². The number of hydrogen-bond acceptors (Lipinski definition) is 4. The summed E-state index contributed by atoms with van der Waals surface area (Å²) < 4.78 is 5.44. The molecule has 0 amide bonds. The van der Waals surface area contributed by atoms with Crippen LogP contribution >= 0.6 is 0 Å². The van der Waals surface area contributed by atoms with Crippen molar-refractivity contribution in [3.63, 3.8) is 0 Å². The van der Waals surface area contributed by atoms with Gasteiger partial charge in [0.15, 0.2) is 5.96 Å². The Hall–Kier alpha value is -1.66. The third-order valence-corrected chi connectivity index (χ3v) is 4.03. The summed E-state index contributed by atoms with van der Waals surface area (Å²) in [5, 5.41) is 6.75. The topological polar surface area (TPSA) is 61.8 Å². The molecule has 0 bridgehead atoms. The highest BCUT2D eigenvalue weighted by Crippen LogP contribution is 2.14. The fourth-order valence-corrected chi connectivity index (χ4v) is 2.57. The number of rotatable bonds is 6. The molecule has 23 heavy (non-hydrogen) atoms. The zero-order chi connectivity index (χ0) is 16.5. The van der Waals surface area contributed by atoms with Gasteiger partial charge in [0.05, 0.1) is 25.5 Å². The van der Waals surface area contributed by atoms with Crippen molar-refractivity contribution in [3.05, 3.63) is 30.1 Å². The van der Waals surface area contributed by atoms with E-state index < -0.39 is 0 Å². The van der Waals surface area contributed by atoms with Crippen molar-refractivity contribution in [1.29, 1.82) is 0 Å². The monoisotopic (exact) mass is 319 g/mol. The summed E-state index contributed by atoms with van der Waals surface area (Å²) >= 11 is 0. The van der Waals surface area contributed by atoms with Crippen LogP contribution in [0.5, 0.6) is 0 Å². The Bertz CT molecular complexity index is 483. The maximum absolute atomic E-state index is 5.44. The smallest absolute Gasteiger partial charge is 0.191 e. The van der Waals surface area contributed by atoms with Crippen molar-refractivity contribution in [2.24, 2.45) is 4.99 Å². The molecule has 1 aromatic heterocycles. The number of nitrogens with one attached hydrogen (secondary N) is 2. The van der Waals surface area contributed by atoms with Crippen LogP contribution in [0.1, 0.15) is 26.5 Å².